The zero-order chi connectivity index (χ0) is 15.1. The highest BCUT2D eigenvalue weighted by atomic mass is 35.5. The van der Waals surface area contributed by atoms with E-state index in [1.807, 2.05) is 0 Å². The van der Waals surface area contributed by atoms with E-state index in [0.717, 1.165) is 0 Å². The molecule has 20 heavy (non-hydrogen) atoms. The fourth-order valence-electron chi connectivity index (χ4n) is 2.57. The molecule has 0 saturated heterocycles. The Bertz CT molecular complexity index is 219. The number of ether oxygens (including phenoxy) is 1. The fraction of sp³-hybridized carbons (Fsp3) is 0.941. The molecule has 0 aromatic rings. The van der Waals surface area contributed by atoms with Crippen molar-refractivity contribution in [3.8, 4) is 0 Å². The lowest BCUT2D eigenvalue weighted by molar-refractivity contribution is 0.144. The van der Waals surface area contributed by atoms with Gasteiger partial charge in [-0.3, -0.25) is 0 Å². The summed E-state index contributed by atoms with van der Waals surface area (Å²) in [6, 6.07) is 0. The Labute approximate surface area is 130 Å². The number of unbranched alkanes of at least 4 members (excludes halogenated alkanes) is 8. The van der Waals surface area contributed by atoms with Crippen molar-refractivity contribution in [1.82, 2.24) is 0 Å². The van der Waals surface area contributed by atoms with Crippen LogP contribution in [0.15, 0.2) is 0 Å². The third kappa shape index (κ3) is 14.2. The summed E-state index contributed by atoms with van der Waals surface area (Å²) in [6.45, 7) is 4.97. The van der Waals surface area contributed by atoms with Gasteiger partial charge in [-0.1, -0.05) is 78.1 Å². The average molecular weight is 305 g/mol. The van der Waals surface area contributed by atoms with Crippen LogP contribution in [0.4, 0.5) is 4.79 Å². The molecule has 2 nitrogen and oxygen atoms in total. The number of carbonyl (C=O) groups is 1. The van der Waals surface area contributed by atoms with Gasteiger partial charge in [0.05, 0.1) is 6.61 Å². The first-order valence-corrected chi connectivity index (χ1v) is 8.90. The Balaban J connectivity index is 3.71. The molecule has 0 aliphatic rings. The minimum absolute atomic E-state index is 0.501. The van der Waals surface area contributed by atoms with Crippen LogP contribution in [-0.4, -0.2) is 12.0 Å². The molecule has 0 aromatic carbocycles. The summed E-state index contributed by atoms with van der Waals surface area (Å²) in [5.74, 6) is 0.501. The van der Waals surface area contributed by atoms with Crippen molar-refractivity contribution in [1.29, 1.82) is 0 Å². The van der Waals surface area contributed by atoms with Gasteiger partial charge in [-0.2, -0.15) is 0 Å². The summed E-state index contributed by atoms with van der Waals surface area (Å²) in [4.78, 5) is 10.7. The highest BCUT2D eigenvalue weighted by molar-refractivity contribution is 6.61. The van der Waals surface area contributed by atoms with Gasteiger partial charge in [0, 0.05) is 11.6 Å². The first-order valence-electron chi connectivity index (χ1n) is 8.52. The van der Waals surface area contributed by atoms with Crippen LogP contribution < -0.4 is 0 Å². The first kappa shape index (κ1) is 19.8. The van der Waals surface area contributed by atoms with Gasteiger partial charge in [0.25, 0.3) is 0 Å². The van der Waals surface area contributed by atoms with Crippen LogP contribution in [0.1, 0.15) is 90.9 Å². The topological polar surface area (TPSA) is 26.3 Å². The average Bonchev–Trinajstić information content (AvgIpc) is 2.43. The normalized spacial score (nSPS) is 12.3. The van der Waals surface area contributed by atoms with Crippen molar-refractivity contribution >= 4 is 17.0 Å². The van der Waals surface area contributed by atoms with Crippen LogP contribution in [0.5, 0.6) is 0 Å². The maximum absolute atomic E-state index is 10.7. The van der Waals surface area contributed by atoms with Crippen molar-refractivity contribution in [2.75, 3.05) is 6.61 Å². The summed E-state index contributed by atoms with van der Waals surface area (Å²) in [5.41, 5.74) is -0.661. The summed E-state index contributed by atoms with van der Waals surface area (Å²) < 4.78 is 4.98. The smallest absolute Gasteiger partial charge is 0.403 e. The molecule has 0 rings (SSSR count). The Hall–Kier alpha value is -0.240. The van der Waals surface area contributed by atoms with E-state index in [4.69, 9.17) is 16.3 Å². The maximum Gasteiger partial charge on any atom is 0.403 e. The van der Waals surface area contributed by atoms with Crippen molar-refractivity contribution in [3.05, 3.63) is 0 Å². The van der Waals surface area contributed by atoms with Crippen molar-refractivity contribution in [3.63, 3.8) is 0 Å². The van der Waals surface area contributed by atoms with Crippen LogP contribution in [0.2, 0.25) is 0 Å². The highest BCUT2D eigenvalue weighted by Crippen LogP contribution is 2.19. The van der Waals surface area contributed by atoms with Gasteiger partial charge in [-0.25, -0.2) is 4.79 Å². The van der Waals surface area contributed by atoms with Crippen LogP contribution in [-0.2, 0) is 4.74 Å². The van der Waals surface area contributed by atoms with E-state index in [2.05, 4.69) is 13.8 Å². The lowest BCUT2D eigenvalue weighted by Crippen LogP contribution is -2.11. The molecule has 0 spiro atoms. The quantitative estimate of drug-likeness (QED) is 0.264. The molecule has 0 saturated carbocycles. The second-order valence-electron chi connectivity index (χ2n) is 5.82. The number of rotatable bonds is 14. The number of halogens is 1. The largest absolute Gasteiger partial charge is 0.453 e. The van der Waals surface area contributed by atoms with Gasteiger partial charge in [0.15, 0.2) is 0 Å². The van der Waals surface area contributed by atoms with Crippen LogP contribution in [0.25, 0.3) is 0 Å². The molecule has 1 atom stereocenters. The minimum atomic E-state index is -0.661. The van der Waals surface area contributed by atoms with Crippen LogP contribution in [0, 0.1) is 5.92 Å². The summed E-state index contributed by atoms with van der Waals surface area (Å²) >= 11 is 5.26. The van der Waals surface area contributed by atoms with Crippen molar-refractivity contribution in [2.45, 2.75) is 90.9 Å². The number of carbonyl (C=O) groups excluding carboxylic acids is 1. The molecule has 3 heteroatoms. The summed E-state index contributed by atoms with van der Waals surface area (Å²) in [6.07, 6.45) is 15.3. The van der Waals surface area contributed by atoms with Crippen molar-refractivity contribution < 1.29 is 9.53 Å². The molecule has 120 valence electrons. The number of hydrogen-bond donors (Lipinski definition) is 0. The second kappa shape index (κ2) is 15.2. The molecule has 0 radical (unpaired) electrons. The molecule has 0 aliphatic carbocycles. The predicted molar refractivity (Wildman–Crippen MR) is 87.4 cm³/mol. The molecular formula is C17H33ClO2. The third-order valence-electron chi connectivity index (χ3n) is 3.86. The second-order valence-corrected chi connectivity index (χ2v) is 6.13. The van der Waals surface area contributed by atoms with Crippen LogP contribution >= 0.6 is 11.6 Å². The Kier molecular flexibility index (Phi) is 15.0. The van der Waals surface area contributed by atoms with E-state index in [1.165, 1.54) is 77.0 Å². The molecule has 0 amide bonds. The first-order chi connectivity index (χ1) is 9.70. The van der Waals surface area contributed by atoms with Gasteiger partial charge in [0.2, 0.25) is 0 Å². The van der Waals surface area contributed by atoms with Gasteiger partial charge in [-0.15, -0.1) is 0 Å². The van der Waals surface area contributed by atoms with Gasteiger partial charge < -0.3 is 4.74 Å². The van der Waals surface area contributed by atoms with E-state index >= 15 is 0 Å². The van der Waals surface area contributed by atoms with E-state index in [9.17, 15) is 4.79 Å². The Morgan fingerprint density at radius 1 is 0.850 bits per heavy atom. The zero-order valence-electron chi connectivity index (χ0n) is 13.5. The molecule has 1 unspecified atom stereocenters. The Morgan fingerprint density at radius 3 is 1.80 bits per heavy atom. The maximum atomic E-state index is 10.7. The number of hydrogen-bond acceptors (Lipinski definition) is 2. The lowest BCUT2D eigenvalue weighted by Gasteiger charge is -2.16. The third-order valence-corrected chi connectivity index (χ3v) is 3.97. The molecular weight excluding hydrogens is 272 g/mol. The van der Waals surface area contributed by atoms with E-state index < -0.39 is 5.43 Å². The molecule has 0 heterocycles. The minimum Gasteiger partial charge on any atom is -0.453 e. The van der Waals surface area contributed by atoms with Gasteiger partial charge in [-0.05, 0) is 18.8 Å². The molecule has 0 N–H and O–H groups in total. The summed E-state index contributed by atoms with van der Waals surface area (Å²) in [7, 11) is 0. The lowest BCUT2D eigenvalue weighted by atomic mass is 9.95. The molecule has 0 fully saturated rings. The van der Waals surface area contributed by atoms with Crippen molar-refractivity contribution in [2.24, 2.45) is 5.92 Å². The summed E-state index contributed by atoms with van der Waals surface area (Å²) in [5, 5.41) is 0. The molecule has 0 bridgehead atoms. The fourth-order valence-corrected chi connectivity index (χ4v) is 2.63. The Morgan fingerprint density at radius 2 is 1.30 bits per heavy atom. The zero-order valence-corrected chi connectivity index (χ0v) is 14.2. The standard InChI is InChI=1S/C17H33ClO2/c1-3-5-7-9-10-12-14-16(15-20-17(18)19)13-11-8-6-4-2/h16H,3-15H2,1-2H3. The SMILES string of the molecule is CCCCCCCCC(CCCCCC)COC(=O)Cl. The van der Waals surface area contributed by atoms with Gasteiger partial charge in [0.1, 0.15) is 0 Å². The van der Waals surface area contributed by atoms with E-state index in [-0.39, 0.29) is 0 Å². The van der Waals surface area contributed by atoms with E-state index in [1.54, 1.807) is 0 Å². The van der Waals surface area contributed by atoms with Crippen LogP contribution in [0.3, 0.4) is 0 Å². The monoisotopic (exact) mass is 304 g/mol. The van der Waals surface area contributed by atoms with Gasteiger partial charge >= 0.3 is 5.43 Å². The molecule has 0 aromatic heterocycles. The molecule has 0 aliphatic heterocycles. The van der Waals surface area contributed by atoms with E-state index in [0.29, 0.717) is 12.5 Å². The highest BCUT2D eigenvalue weighted by Gasteiger charge is 2.11. The predicted octanol–water partition coefficient (Wildman–Crippen LogP) is 6.70.